The summed E-state index contributed by atoms with van der Waals surface area (Å²) in [7, 11) is 0. The number of guanidine groups is 1. The maximum atomic E-state index is 9.40. The summed E-state index contributed by atoms with van der Waals surface area (Å²) in [6, 6.07) is 16.5. The molecular weight excluding hydrogens is 475 g/mol. The van der Waals surface area contributed by atoms with Crippen LogP contribution in [0.4, 0.5) is 0 Å². The zero-order valence-electron chi connectivity index (χ0n) is 17.4. The molecule has 3 rings (SSSR count). The van der Waals surface area contributed by atoms with Crippen molar-refractivity contribution in [2.45, 2.75) is 45.8 Å². The quantitative estimate of drug-likeness (QED) is 0.313. The highest BCUT2D eigenvalue weighted by Crippen LogP contribution is 2.15. The van der Waals surface area contributed by atoms with Gasteiger partial charge in [0.1, 0.15) is 5.75 Å². The molecule has 1 fully saturated rings. The minimum absolute atomic E-state index is 0. The maximum absolute atomic E-state index is 9.40. The van der Waals surface area contributed by atoms with Gasteiger partial charge >= 0.3 is 0 Å². The molecule has 1 heterocycles. The van der Waals surface area contributed by atoms with Gasteiger partial charge in [-0.3, -0.25) is 4.90 Å². The fraction of sp³-hybridized carbons (Fsp3) is 0.435. The Hall–Kier alpha value is -1.80. The number of phenolic OH excluding ortho intramolecular Hbond substituents is 1. The number of hydrogen-bond donors (Lipinski definition) is 3. The molecule has 0 unspecified atom stereocenters. The fourth-order valence-electron chi connectivity index (χ4n) is 3.59. The van der Waals surface area contributed by atoms with Crippen molar-refractivity contribution in [3.63, 3.8) is 0 Å². The SMILES string of the molecule is CCNC(=NCc1ccc(O)cc1)NC1CCN(Cc2cccc(C)c2)CC1.I. The zero-order chi connectivity index (χ0) is 19.8. The maximum Gasteiger partial charge on any atom is 0.191 e. The summed E-state index contributed by atoms with van der Waals surface area (Å²) < 4.78 is 0. The second kappa shape index (κ2) is 12.0. The van der Waals surface area contributed by atoms with Crippen LogP contribution in [0, 0.1) is 6.92 Å². The number of aryl methyl sites for hydroxylation is 1. The molecule has 158 valence electrons. The molecule has 1 saturated heterocycles. The summed E-state index contributed by atoms with van der Waals surface area (Å²) in [5.41, 5.74) is 3.81. The Labute approximate surface area is 191 Å². The minimum Gasteiger partial charge on any atom is -0.508 e. The smallest absolute Gasteiger partial charge is 0.191 e. The van der Waals surface area contributed by atoms with Gasteiger partial charge < -0.3 is 15.7 Å². The molecule has 0 bridgehead atoms. The Morgan fingerprint density at radius 3 is 2.48 bits per heavy atom. The van der Waals surface area contributed by atoms with Crippen LogP contribution in [-0.2, 0) is 13.1 Å². The third-order valence-corrected chi connectivity index (χ3v) is 5.12. The van der Waals surface area contributed by atoms with E-state index in [0.29, 0.717) is 12.6 Å². The van der Waals surface area contributed by atoms with Crippen molar-refractivity contribution in [3.05, 3.63) is 65.2 Å². The van der Waals surface area contributed by atoms with Crippen molar-refractivity contribution >= 4 is 29.9 Å². The first-order chi connectivity index (χ1) is 13.6. The van der Waals surface area contributed by atoms with Crippen LogP contribution in [0.5, 0.6) is 5.75 Å². The Morgan fingerprint density at radius 2 is 1.83 bits per heavy atom. The minimum atomic E-state index is 0. The van der Waals surface area contributed by atoms with E-state index in [0.717, 1.165) is 50.5 Å². The lowest BCUT2D eigenvalue weighted by molar-refractivity contribution is 0.198. The van der Waals surface area contributed by atoms with Gasteiger partial charge in [0.05, 0.1) is 6.54 Å². The molecule has 0 atom stereocenters. The highest BCUT2D eigenvalue weighted by Gasteiger charge is 2.20. The third kappa shape index (κ3) is 7.85. The van der Waals surface area contributed by atoms with E-state index in [-0.39, 0.29) is 29.7 Å². The predicted molar refractivity (Wildman–Crippen MR) is 131 cm³/mol. The van der Waals surface area contributed by atoms with E-state index in [2.05, 4.69) is 53.6 Å². The van der Waals surface area contributed by atoms with Crippen molar-refractivity contribution in [1.29, 1.82) is 0 Å². The standard InChI is InChI=1S/C23H32N4O.HI/c1-3-24-23(25-16-19-7-9-22(28)10-8-19)26-21-11-13-27(14-12-21)17-20-6-4-5-18(2)15-20;/h4-10,15,21,28H,3,11-14,16-17H2,1-2H3,(H2,24,25,26);1H. The van der Waals surface area contributed by atoms with Crippen molar-refractivity contribution < 1.29 is 5.11 Å². The summed E-state index contributed by atoms with van der Waals surface area (Å²) >= 11 is 0. The van der Waals surface area contributed by atoms with Crippen LogP contribution in [0.3, 0.4) is 0 Å². The lowest BCUT2D eigenvalue weighted by atomic mass is 10.0. The number of halogens is 1. The van der Waals surface area contributed by atoms with Gasteiger partial charge in [0.2, 0.25) is 0 Å². The molecule has 0 spiro atoms. The van der Waals surface area contributed by atoms with Crippen LogP contribution in [0.15, 0.2) is 53.5 Å². The molecule has 1 aliphatic heterocycles. The van der Waals surface area contributed by atoms with Gasteiger partial charge in [0, 0.05) is 32.2 Å². The van der Waals surface area contributed by atoms with Gasteiger partial charge in [-0.15, -0.1) is 24.0 Å². The van der Waals surface area contributed by atoms with E-state index in [1.165, 1.54) is 11.1 Å². The Balaban J connectivity index is 0.00000300. The molecule has 1 aliphatic rings. The van der Waals surface area contributed by atoms with Crippen LogP contribution in [0.2, 0.25) is 0 Å². The number of aromatic hydroxyl groups is 1. The first-order valence-electron chi connectivity index (χ1n) is 10.2. The van der Waals surface area contributed by atoms with Crippen molar-refractivity contribution in [2.75, 3.05) is 19.6 Å². The predicted octanol–water partition coefficient (Wildman–Crippen LogP) is 4.04. The number of likely N-dealkylation sites (tertiary alicyclic amines) is 1. The first-order valence-corrected chi connectivity index (χ1v) is 10.2. The van der Waals surface area contributed by atoms with E-state index in [9.17, 15) is 5.11 Å². The van der Waals surface area contributed by atoms with Gasteiger partial charge in [-0.05, 0) is 49.9 Å². The monoisotopic (exact) mass is 508 g/mol. The van der Waals surface area contributed by atoms with Crippen LogP contribution < -0.4 is 10.6 Å². The molecule has 5 nitrogen and oxygen atoms in total. The van der Waals surface area contributed by atoms with Crippen LogP contribution in [0.1, 0.15) is 36.5 Å². The molecule has 6 heteroatoms. The fourth-order valence-corrected chi connectivity index (χ4v) is 3.59. The second-order valence-electron chi connectivity index (χ2n) is 7.55. The summed E-state index contributed by atoms with van der Waals surface area (Å²) in [6.45, 7) is 8.91. The number of phenols is 1. The molecule has 2 aromatic carbocycles. The highest BCUT2D eigenvalue weighted by molar-refractivity contribution is 14.0. The topological polar surface area (TPSA) is 59.9 Å². The Morgan fingerprint density at radius 1 is 1.10 bits per heavy atom. The van der Waals surface area contributed by atoms with Crippen molar-refractivity contribution in [3.8, 4) is 5.75 Å². The van der Waals surface area contributed by atoms with Gasteiger partial charge in [-0.2, -0.15) is 0 Å². The molecule has 0 amide bonds. The molecule has 0 aromatic heterocycles. The van der Waals surface area contributed by atoms with Crippen molar-refractivity contribution in [2.24, 2.45) is 4.99 Å². The number of piperidine rings is 1. The van der Waals surface area contributed by atoms with E-state index < -0.39 is 0 Å². The number of rotatable bonds is 6. The first kappa shape index (κ1) is 23.5. The third-order valence-electron chi connectivity index (χ3n) is 5.12. The summed E-state index contributed by atoms with van der Waals surface area (Å²) in [5.74, 6) is 1.16. The average molecular weight is 508 g/mol. The van der Waals surface area contributed by atoms with Crippen LogP contribution in [0.25, 0.3) is 0 Å². The highest BCUT2D eigenvalue weighted by atomic mass is 127. The van der Waals surface area contributed by atoms with E-state index >= 15 is 0 Å². The van der Waals surface area contributed by atoms with E-state index in [4.69, 9.17) is 4.99 Å². The summed E-state index contributed by atoms with van der Waals surface area (Å²) in [4.78, 5) is 7.24. The summed E-state index contributed by atoms with van der Waals surface area (Å²) in [5, 5.41) is 16.3. The molecular formula is C23H33IN4O. The molecule has 2 aromatic rings. The van der Waals surface area contributed by atoms with Gasteiger partial charge in [0.25, 0.3) is 0 Å². The van der Waals surface area contributed by atoms with Crippen LogP contribution in [-0.4, -0.2) is 41.6 Å². The molecule has 0 radical (unpaired) electrons. The van der Waals surface area contributed by atoms with E-state index in [1.54, 1.807) is 12.1 Å². The Kier molecular flexibility index (Phi) is 9.73. The van der Waals surface area contributed by atoms with Crippen molar-refractivity contribution in [1.82, 2.24) is 15.5 Å². The normalized spacial score (nSPS) is 15.6. The number of nitrogens with zero attached hydrogens (tertiary/aromatic N) is 2. The largest absolute Gasteiger partial charge is 0.508 e. The molecule has 0 aliphatic carbocycles. The summed E-state index contributed by atoms with van der Waals surface area (Å²) in [6.07, 6.45) is 2.24. The van der Waals surface area contributed by atoms with Crippen LogP contribution >= 0.6 is 24.0 Å². The van der Waals surface area contributed by atoms with Gasteiger partial charge in [-0.1, -0.05) is 42.0 Å². The lowest BCUT2D eigenvalue weighted by Crippen LogP contribution is -2.48. The van der Waals surface area contributed by atoms with Gasteiger partial charge in [0.15, 0.2) is 5.96 Å². The number of hydrogen-bond acceptors (Lipinski definition) is 3. The molecule has 29 heavy (non-hydrogen) atoms. The van der Waals surface area contributed by atoms with E-state index in [1.807, 2.05) is 12.1 Å². The second-order valence-corrected chi connectivity index (χ2v) is 7.55. The number of benzene rings is 2. The lowest BCUT2D eigenvalue weighted by Gasteiger charge is -2.33. The Bertz CT molecular complexity index is 771. The molecule has 3 N–H and O–H groups in total. The number of nitrogens with one attached hydrogen (secondary N) is 2. The van der Waals surface area contributed by atoms with Gasteiger partial charge in [-0.25, -0.2) is 4.99 Å². The molecule has 0 saturated carbocycles. The zero-order valence-corrected chi connectivity index (χ0v) is 19.7. The average Bonchev–Trinajstić information content (AvgIpc) is 2.69. The number of aliphatic imine (C=N–C) groups is 1.